The summed E-state index contributed by atoms with van der Waals surface area (Å²) in [5.41, 5.74) is 4.02. The fraction of sp³-hybridized carbons (Fsp3) is 0.357. The zero-order valence-electron chi connectivity index (χ0n) is 18.9. The van der Waals surface area contributed by atoms with Gasteiger partial charge in [0, 0.05) is 0 Å². The highest BCUT2D eigenvalue weighted by molar-refractivity contribution is 5.26. The first kappa shape index (κ1) is 23.1. The smallest absolute Gasteiger partial charge is 0.228 e. The largest absolute Gasteiger partial charge is 0.374 e. The number of rotatable bonds is 6. The Morgan fingerprint density at radius 3 is 1.91 bits per heavy atom. The second-order valence-corrected chi connectivity index (χ2v) is 8.61. The molecule has 2 bridgehead atoms. The van der Waals surface area contributed by atoms with Gasteiger partial charge < -0.3 is 23.7 Å². The van der Waals surface area contributed by atoms with Gasteiger partial charge >= 0.3 is 0 Å². The van der Waals surface area contributed by atoms with Crippen LogP contribution in [-0.4, -0.2) is 37.4 Å². The van der Waals surface area contributed by atoms with E-state index in [-0.39, 0.29) is 13.2 Å². The molecule has 1 fully saturated rings. The molecule has 0 aliphatic carbocycles. The van der Waals surface area contributed by atoms with Crippen LogP contribution < -0.4 is 0 Å². The molecule has 1 saturated heterocycles. The Morgan fingerprint density at radius 1 is 0.706 bits per heavy atom. The van der Waals surface area contributed by atoms with Crippen LogP contribution in [0.2, 0.25) is 0 Å². The number of halogens is 1. The van der Waals surface area contributed by atoms with Crippen LogP contribution in [0.25, 0.3) is 0 Å². The maximum absolute atomic E-state index is 15.3. The molecule has 5 atom stereocenters. The predicted molar refractivity (Wildman–Crippen MR) is 124 cm³/mol. The van der Waals surface area contributed by atoms with Gasteiger partial charge in [-0.3, -0.25) is 0 Å². The van der Waals surface area contributed by atoms with Gasteiger partial charge in [-0.2, -0.15) is 0 Å². The normalized spacial score (nSPS) is 27.0. The number of alkyl halides is 1. The molecule has 178 valence electrons. The third-order valence-corrected chi connectivity index (χ3v) is 6.24. The minimum atomic E-state index is -1.66. The van der Waals surface area contributed by atoms with Crippen LogP contribution in [0.4, 0.5) is 4.39 Å². The van der Waals surface area contributed by atoms with Crippen molar-refractivity contribution in [2.45, 2.75) is 57.2 Å². The van der Waals surface area contributed by atoms with Crippen molar-refractivity contribution < 1.29 is 28.1 Å². The van der Waals surface area contributed by atoms with E-state index >= 15 is 4.39 Å². The second-order valence-electron chi connectivity index (χ2n) is 8.61. The van der Waals surface area contributed by atoms with Gasteiger partial charge in [0.25, 0.3) is 0 Å². The first-order chi connectivity index (χ1) is 16.8. The summed E-state index contributed by atoms with van der Waals surface area (Å²) in [7, 11) is 0. The molecular formula is C28H29FO5. The molecule has 0 N–H and O–H groups in total. The summed E-state index contributed by atoms with van der Waals surface area (Å²) in [4.78, 5) is 0. The van der Waals surface area contributed by atoms with E-state index in [1.54, 1.807) is 0 Å². The van der Waals surface area contributed by atoms with Crippen LogP contribution in [0.1, 0.15) is 22.3 Å². The Hall–Kier alpha value is -2.61. The van der Waals surface area contributed by atoms with Crippen LogP contribution in [-0.2, 0) is 50.1 Å². The highest BCUT2D eigenvalue weighted by Crippen LogP contribution is 2.32. The van der Waals surface area contributed by atoms with Crippen molar-refractivity contribution in [1.29, 1.82) is 0 Å². The molecule has 0 aromatic heterocycles. The standard InChI is InChI=1S/C28H29FO5/c29-28-27(32-16-21-11-5-2-6-12-21)26-25(31-15-20-9-3-1-4-10-20)24(34-28)19-30-17-22-13-7-8-14-23(22)18-33-26/h1-14,24-28H,15-19H2/t24?,25-,26?,27+,28-/m1/s1. The van der Waals surface area contributed by atoms with E-state index in [2.05, 4.69) is 0 Å². The van der Waals surface area contributed by atoms with Crippen LogP contribution >= 0.6 is 0 Å². The summed E-state index contributed by atoms with van der Waals surface area (Å²) in [5.74, 6) is 0. The lowest BCUT2D eigenvalue weighted by Gasteiger charge is -2.44. The number of hydrogen-bond donors (Lipinski definition) is 0. The van der Waals surface area contributed by atoms with Gasteiger partial charge in [0.1, 0.15) is 24.4 Å². The highest BCUT2D eigenvalue weighted by atomic mass is 19.1. The van der Waals surface area contributed by atoms with Gasteiger partial charge in [0.2, 0.25) is 6.36 Å². The lowest BCUT2D eigenvalue weighted by Crippen LogP contribution is -2.60. The molecule has 0 spiro atoms. The Bertz CT molecular complexity index is 1030. The summed E-state index contributed by atoms with van der Waals surface area (Å²) in [6.07, 6.45) is -4.45. The number of benzene rings is 3. The average Bonchev–Trinajstić information content (AvgIpc) is 2.88. The fourth-order valence-corrected chi connectivity index (χ4v) is 4.41. The molecule has 34 heavy (non-hydrogen) atoms. The molecule has 6 heteroatoms. The molecule has 2 aliphatic heterocycles. The fourth-order valence-electron chi connectivity index (χ4n) is 4.41. The Balaban J connectivity index is 1.40. The molecule has 0 amide bonds. The number of hydrogen-bond acceptors (Lipinski definition) is 5. The predicted octanol–water partition coefficient (Wildman–Crippen LogP) is 4.97. The lowest BCUT2D eigenvalue weighted by molar-refractivity contribution is -0.299. The summed E-state index contributed by atoms with van der Waals surface area (Å²) < 4.78 is 45.8. The van der Waals surface area contributed by atoms with Crippen molar-refractivity contribution in [1.82, 2.24) is 0 Å². The van der Waals surface area contributed by atoms with Crippen molar-refractivity contribution in [2.75, 3.05) is 6.61 Å². The zero-order chi connectivity index (χ0) is 23.2. The van der Waals surface area contributed by atoms with Gasteiger partial charge in [-0.1, -0.05) is 84.9 Å². The SMILES string of the molecule is F[C@@H]1OC2COCc3ccccc3COC([C@@H]2OCc2ccccc2)[C@@H]1OCc1ccccc1. The van der Waals surface area contributed by atoms with E-state index in [1.807, 2.05) is 84.9 Å². The molecule has 5 rings (SSSR count). The lowest BCUT2D eigenvalue weighted by atomic mass is 9.98. The van der Waals surface area contributed by atoms with Crippen LogP contribution in [0.3, 0.4) is 0 Å². The van der Waals surface area contributed by atoms with Crippen molar-refractivity contribution in [2.24, 2.45) is 0 Å². The monoisotopic (exact) mass is 464 g/mol. The Labute approximate surface area is 199 Å². The molecule has 0 saturated carbocycles. The molecule has 3 aromatic rings. The minimum absolute atomic E-state index is 0.194. The zero-order valence-corrected chi connectivity index (χ0v) is 18.9. The van der Waals surface area contributed by atoms with Gasteiger partial charge in [-0.25, -0.2) is 4.39 Å². The Kier molecular flexibility index (Phi) is 7.63. The first-order valence-electron chi connectivity index (χ1n) is 11.6. The van der Waals surface area contributed by atoms with E-state index in [0.29, 0.717) is 19.8 Å². The molecule has 0 radical (unpaired) electrons. The maximum Gasteiger partial charge on any atom is 0.228 e. The maximum atomic E-state index is 15.3. The molecular weight excluding hydrogens is 435 g/mol. The van der Waals surface area contributed by atoms with Crippen LogP contribution in [0, 0.1) is 0 Å². The summed E-state index contributed by atoms with van der Waals surface area (Å²) in [6.45, 7) is 1.50. The van der Waals surface area contributed by atoms with Gasteiger partial charge in [0.15, 0.2) is 0 Å². The van der Waals surface area contributed by atoms with Crippen molar-refractivity contribution in [3.05, 3.63) is 107 Å². The quantitative estimate of drug-likeness (QED) is 0.516. The first-order valence-corrected chi connectivity index (χ1v) is 11.6. The van der Waals surface area contributed by atoms with E-state index in [9.17, 15) is 0 Å². The summed E-state index contributed by atoms with van der Waals surface area (Å²) in [5, 5.41) is 0. The van der Waals surface area contributed by atoms with E-state index < -0.39 is 30.8 Å². The van der Waals surface area contributed by atoms with Crippen LogP contribution in [0.5, 0.6) is 0 Å². The highest BCUT2D eigenvalue weighted by Gasteiger charge is 2.49. The summed E-state index contributed by atoms with van der Waals surface area (Å²) in [6, 6.07) is 27.5. The van der Waals surface area contributed by atoms with Gasteiger partial charge in [0.05, 0.1) is 33.0 Å². The van der Waals surface area contributed by atoms with Gasteiger partial charge in [-0.15, -0.1) is 0 Å². The molecule has 2 heterocycles. The van der Waals surface area contributed by atoms with Gasteiger partial charge in [-0.05, 0) is 22.3 Å². The van der Waals surface area contributed by atoms with Crippen molar-refractivity contribution in [3.8, 4) is 0 Å². The number of ether oxygens (including phenoxy) is 5. The molecule has 5 nitrogen and oxygen atoms in total. The van der Waals surface area contributed by atoms with E-state index in [4.69, 9.17) is 23.7 Å². The average molecular weight is 465 g/mol. The second kappa shape index (κ2) is 11.2. The van der Waals surface area contributed by atoms with Crippen molar-refractivity contribution in [3.63, 3.8) is 0 Å². The molecule has 2 unspecified atom stereocenters. The topological polar surface area (TPSA) is 46.2 Å². The Morgan fingerprint density at radius 2 is 1.26 bits per heavy atom. The molecule has 3 aromatic carbocycles. The van der Waals surface area contributed by atoms with Crippen molar-refractivity contribution >= 4 is 0 Å². The van der Waals surface area contributed by atoms with Crippen LogP contribution in [0.15, 0.2) is 84.9 Å². The third kappa shape index (κ3) is 5.54. The number of fused-ring (bicyclic) bond motifs is 3. The van der Waals surface area contributed by atoms with E-state index in [0.717, 1.165) is 22.3 Å². The van der Waals surface area contributed by atoms with E-state index in [1.165, 1.54) is 0 Å². The summed E-state index contributed by atoms with van der Waals surface area (Å²) >= 11 is 0. The molecule has 2 aliphatic rings. The minimum Gasteiger partial charge on any atom is -0.374 e. The third-order valence-electron chi connectivity index (χ3n) is 6.24.